The number of H-pyrrole nitrogens is 1. The summed E-state index contributed by atoms with van der Waals surface area (Å²) in [6, 6.07) is 5.49. The van der Waals surface area contributed by atoms with Crippen molar-refractivity contribution >= 4 is 23.8 Å². The van der Waals surface area contributed by atoms with E-state index in [1.54, 1.807) is 31.2 Å². The number of hydrogen-bond donors (Lipinski definition) is 5. The third kappa shape index (κ3) is 7.25. The molecule has 1 aromatic heterocycles. The predicted octanol–water partition coefficient (Wildman–Crippen LogP) is 1.27. The second-order valence-corrected chi connectivity index (χ2v) is 7.22. The Morgan fingerprint density at radius 2 is 1.77 bits per heavy atom. The van der Waals surface area contributed by atoms with E-state index in [4.69, 9.17) is 15.9 Å². The average Bonchev–Trinajstić information content (AvgIpc) is 2.69. The van der Waals surface area contributed by atoms with Crippen LogP contribution in [0.15, 0.2) is 29.1 Å². The summed E-state index contributed by atoms with van der Waals surface area (Å²) in [7, 11) is 0. The molecule has 31 heavy (non-hydrogen) atoms. The Kier molecular flexibility index (Phi) is 8.30. The number of nitrogens with one attached hydrogen (secondary N) is 2. The first-order valence-electron chi connectivity index (χ1n) is 9.87. The maximum Gasteiger partial charge on any atom is 0.326 e. The Morgan fingerprint density at radius 1 is 1.13 bits per heavy atom. The van der Waals surface area contributed by atoms with Gasteiger partial charge in [0, 0.05) is 23.2 Å². The van der Waals surface area contributed by atoms with Crippen LogP contribution in [0.3, 0.4) is 0 Å². The third-order valence-corrected chi connectivity index (χ3v) is 4.85. The topological polar surface area (TPSA) is 175 Å². The zero-order chi connectivity index (χ0) is 23.0. The molecular formula is C21H26N4O6. The van der Waals surface area contributed by atoms with Crippen LogP contribution in [-0.4, -0.2) is 44.1 Å². The van der Waals surface area contributed by atoms with Gasteiger partial charge in [0.25, 0.3) is 11.5 Å². The van der Waals surface area contributed by atoms with Crippen molar-refractivity contribution in [2.75, 3.05) is 5.73 Å². The Balaban J connectivity index is 1.86. The number of hydrogen-bond acceptors (Lipinski definition) is 6. The van der Waals surface area contributed by atoms with Gasteiger partial charge in [0.2, 0.25) is 5.95 Å². The summed E-state index contributed by atoms with van der Waals surface area (Å²) >= 11 is 0. The van der Waals surface area contributed by atoms with Crippen molar-refractivity contribution in [1.82, 2.24) is 15.3 Å². The average molecular weight is 430 g/mol. The lowest BCUT2D eigenvalue weighted by molar-refractivity contribution is -0.140. The number of anilines is 1. The standard InChI is InChI=1S/C21H26N4O6/c1-12-15(19(29)25-21(22)23-12)5-3-2-4-13-6-8-14(9-7-13)18(28)24-16(20(30)31)10-11-17(26)27/h6-9,16H,2-5,10-11H2,1H3,(H,24,28)(H,26,27)(H,30,31)(H3,22,23,25,29)/t16-/m0/s1. The van der Waals surface area contributed by atoms with Gasteiger partial charge in [-0.3, -0.25) is 19.4 Å². The van der Waals surface area contributed by atoms with Crippen molar-refractivity contribution < 1.29 is 24.6 Å². The summed E-state index contributed by atoms with van der Waals surface area (Å²) in [6.45, 7) is 1.75. The lowest BCUT2D eigenvalue weighted by atomic mass is 10.0. The molecule has 1 atom stereocenters. The van der Waals surface area contributed by atoms with Crippen LogP contribution in [0.4, 0.5) is 5.95 Å². The number of nitrogens with zero attached hydrogens (tertiary/aromatic N) is 1. The van der Waals surface area contributed by atoms with Crippen LogP contribution < -0.4 is 16.6 Å². The minimum atomic E-state index is -1.28. The van der Waals surface area contributed by atoms with Crippen molar-refractivity contribution in [3.8, 4) is 0 Å². The number of amides is 1. The number of aryl methyl sites for hydroxylation is 2. The van der Waals surface area contributed by atoms with Gasteiger partial charge in [-0.2, -0.15) is 0 Å². The zero-order valence-corrected chi connectivity index (χ0v) is 17.2. The van der Waals surface area contributed by atoms with Crippen LogP contribution in [0.1, 0.15) is 52.9 Å². The van der Waals surface area contributed by atoms with Gasteiger partial charge in [-0.1, -0.05) is 12.1 Å². The van der Waals surface area contributed by atoms with Gasteiger partial charge < -0.3 is 21.3 Å². The Morgan fingerprint density at radius 3 is 2.35 bits per heavy atom. The number of rotatable bonds is 11. The molecule has 0 unspecified atom stereocenters. The fourth-order valence-electron chi connectivity index (χ4n) is 3.15. The molecule has 0 spiro atoms. The van der Waals surface area contributed by atoms with Crippen molar-refractivity contribution in [3.05, 3.63) is 57.0 Å². The van der Waals surface area contributed by atoms with Crippen molar-refractivity contribution in [2.45, 2.75) is 51.5 Å². The molecule has 10 nitrogen and oxygen atoms in total. The van der Waals surface area contributed by atoms with Crippen LogP contribution in [0, 0.1) is 6.92 Å². The number of carboxylic acids is 2. The van der Waals surface area contributed by atoms with Gasteiger partial charge in [-0.05, 0) is 56.7 Å². The molecule has 2 rings (SSSR count). The summed E-state index contributed by atoms with van der Waals surface area (Å²) in [6.07, 6.45) is 2.39. The molecule has 10 heteroatoms. The van der Waals surface area contributed by atoms with Crippen molar-refractivity contribution in [2.24, 2.45) is 0 Å². The normalized spacial score (nSPS) is 11.6. The fraction of sp³-hybridized carbons (Fsp3) is 0.381. The molecule has 0 aliphatic carbocycles. The molecule has 0 aliphatic rings. The van der Waals surface area contributed by atoms with E-state index in [-0.39, 0.29) is 24.3 Å². The van der Waals surface area contributed by atoms with E-state index in [1.165, 1.54) is 0 Å². The molecule has 0 aliphatic heterocycles. The number of aromatic amines is 1. The molecular weight excluding hydrogens is 404 g/mol. The van der Waals surface area contributed by atoms with Gasteiger partial charge in [-0.15, -0.1) is 0 Å². The number of aromatic nitrogens is 2. The smallest absolute Gasteiger partial charge is 0.326 e. The first-order chi connectivity index (χ1) is 14.7. The number of benzene rings is 1. The molecule has 0 saturated heterocycles. The molecule has 0 radical (unpaired) electrons. The number of aliphatic carboxylic acids is 2. The van der Waals surface area contributed by atoms with Gasteiger partial charge >= 0.3 is 11.9 Å². The molecule has 0 saturated carbocycles. The number of carboxylic acid groups (broad SMARTS) is 2. The van der Waals surface area contributed by atoms with E-state index < -0.39 is 23.9 Å². The maximum absolute atomic E-state index is 12.3. The van der Waals surface area contributed by atoms with Gasteiger partial charge in [0.1, 0.15) is 6.04 Å². The van der Waals surface area contributed by atoms with E-state index >= 15 is 0 Å². The molecule has 1 heterocycles. The van der Waals surface area contributed by atoms with Gasteiger partial charge in [-0.25, -0.2) is 9.78 Å². The van der Waals surface area contributed by atoms with E-state index in [1.807, 2.05) is 0 Å². The number of unbranched alkanes of at least 4 members (excludes halogenated alkanes) is 1. The van der Waals surface area contributed by atoms with Crippen LogP contribution in [0.5, 0.6) is 0 Å². The van der Waals surface area contributed by atoms with E-state index in [9.17, 15) is 19.2 Å². The number of nitrogen functional groups attached to an aromatic ring is 1. The second-order valence-electron chi connectivity index (χ2n) is 7.22. The van der Waals surface area contributed by atoms with Crippen molar-refractivity contribution in [3.63, 3.8) is 0 Å². The third-order valence-electron chi connectivity index (χ3n) is 4.85. The van der Waals surface area contributed by atoms with E-state index in [2.05, 4.69) is 15.3 Å². The van der Waals surface area contributed by atoms with Gasteiger partial charge in [0.15, 0.2) is 0 Å². The van der Waals surface area contributed by atoms with Crippen LogP contribution >= 0.6 is 0 Å². The number of carbonyl (C=O) groups excluding carboxylic acids is 1. The highest BCUT2D eigenvalue weighted by molar-refractivity contribution is 5.96. The lowest BCUT2D eigenvalue weighted by Gasteiger charge is -2.13. The SMILES string of the molecule is Cc1nc(N)[nH]c(=O)c1CCCCc1ccc(C(=O)N[C@@H](CCC(=O)O)C(=O)O)cc1. The van der Waals surface area contributed by atoms with Crippen LogP contribution in [0.25, 0.3) is 0 Å². The highest BCUT2D eigenvalue weighted by atomic mass is 16.4. The predicted molar refractivity (Wildman–Crippen MR) is 113 cm³/mol. The molecule has 1 amide bonds. The Hall–Kier alpha value is -3.69. The maximum atomic E-state index is 12.3. The molecule has 0 fully saturated rings. The van der Waals surface area contributed by atoms with Crippen LogP contribution in [0.2, 0.25) is 0 Å². The number of carbonyl (C=O) groups is 3. The monoisotopic (exact) mass is 430 g/mol. The second kappa shape index (κ2) is 10.9. The zero-order valence-electron chi connectivity index (χ0n) is 17.2. The summed E-state index contributed by atoms with van der Waals surface area (Å²) in [4.78, 5) is 52.6. The minimum Gasteiger partial charge on any atom is -0.481 e. The Labute approximate surface area is 178 Å². The van der Waals surface area contributed by atoms with Crippen LogP contribution in [-0.2, 0) is 22.4 Å². The summed E-state index contributed by atoms with van der Waals surface area (Å²) in [5.41, 5.74) is 7.83. The minimum absolute atomic E-state index is 0.104. The first kappa shape index (κ1) is 23.6. The molecule has 1 aromatic carbocycles. The highest BCUT2D eigenvalue weighted by Crippen LogP contribution is 2.11. The largest absolute Gasteiger partial charge is 0.481 e. The lowest BCUT2D eigenvalue weighted by Crippen LogP contribution is -2.41. The summed E-state index contributed by atoms with van der Waals surface area (Å²) < 4.78 is 0. The molecule has 2 aromatic rings. The summed E-state index contributed by atoms with van der Waals surface area (Å²) in [5, 5.41) is 20.2. The fourth-order valence-corrected chi connectivity index (χ4v) is 3.15. The highest BCUT2D eigenvalue weighted by Gasteiger charge is 2.21. The molecule has 166 valence electrons. The summed E-state index contributed by atoms with van der Waals surface area (Å²) in [5.74, 6) is -2.88. The van der Waals surface area contributed by atoms with E-state index in [0.29, 0.717) is 23.2 Å². The van der Waals surface area contributed by atoms with Gasteiger partial charge in [0.05, 0.1) is 0 Å². The first-order valence-corrected chi connectivity index (χ1v) is 9.87. The quantitative estimate of drug-likeness (QED) is 0.331. The van der Waals surface area contributed by atoms with E-state index in [0.717, 1.165) is 24.8 Å². The molecule has 0 bridgehead atoms. The number of nitrogens with two attached hydrogens (primary N) is 1. The molecule has 6 N–H and O–H groups in total. The van der Waals surface area contributed by atoms with Crippen molar-refractivity contribution in [1.29, 1.82) is 0 Å². The Bertz CT molecular complexity index is 1000.